The Morgan fingerprint density at radius 2 is 2.11 bits per heavy atom. The monoisotopic (exact) mass is 255 g/mol. The second-order valence-electron chi connectivity index (χ2n) is 4.50. The molecule has 2 aromatic rings. The predicted molar refractivity (Wildman–Crippen MR) is 72.6 cm³/mol. The molecule has 2 rings (SSSR count). The molecule has 5 heteroatoms. The van der Waals surface area contributed by atoms with Gasteiger partial charge in [0, 0.05) is 19.0 Å². The molecule has 98 valence electrons. The van der Waals surface area contributed by atoms with Crippen molar-refractivity contribution in [3.05, 3.63) is 42.5 Å². The zero-order chi connectivity index (χ0) is 13.7. The van der Waals surface area contributed by atoms with Gasteiger partial charge in [-0.2, -0.15) is 10.4 Å². The molecule has 0 bridgehead atoms. The van der Waals surface area contributed by atoms with E-state index in [4.69, 9.17) is 5.26 Å². The van der Waals surface area contributed by atoms with Crippen molar-refractivity contribution < 1.29 is 0 Å². The van der Waals surface area contributed by atoms with Crippen molar-refractivity contribution in [1.82, 2.24) is 19.7 Å². The summed E-state index contributed by atoms with van der Waals surface area (Å²) >= 11 is 0. The molecule has 0 aliphatic heterocycles. The molecule has 0 spiro atoms. The molecule has 0 radical (unpaired) electrons. The molecule has 0 N–H and O–H groups in total. The minimum Gasteiger partial charge on any atom is -0.299 e. The number of nitriles is 1. The molecule has 1 aromatic carbocycles. The first kappa shape index (κ1) is 13.2. The Labute approximate surface area is 113 Å². The van der Waals surface area contributed by atoms with Gasteiger partial charge in [-0.1, -0.05) is 12.1 Å². The first-order valence-corrected chi connectivity index (χ1v) is 6.24. The minimum atomic E-state index is 0.290. The van der Waals surface area contributed by atoms with Gasteiger partial charge in [-0.25, -0.2) is 9.67 Å². The van der Waals surface area contributed by atoms with Gasteiger partial charge >= 0.3 is 0 Å². The number of rotatable bonds is 5. The zero-order valence-corrected chi connectivity index (χ0v) is 11.2. The van der Waals surface area contributed by atoms with Crippen LogP contribution in [0.3, 0.4) is 0 Å². The third kappa shape index (κ3) is 3.18. The highest BCUT2D eigenvalue weighted by atomic mass is 15.3. The molecule has 1 atom stereocenters. The third-order valence-electron chi connectivity index (χ3n) is 3.30. The van der Waals surface area contributed by atoms with Crippen LogP contribution in [0.5, 0.6) is 0 Å². The van der Waals surface area contributed by atoms with Gasteiger partial charge in [-0.3, -0.25) is 4.90 Å². The van der Waals surface area contributed by atoms with E-state index in [9.17, 15) is 0 Å². The van der Waals surface area contributed by atoms with Crippen molar-refractivity contribution in [2.75, 3.05) is 13.6 Å². The van der Waals surface area contributed by atoms with Crippen LogP contribution in [0.25, 0.3) is 5.69 Å². The fraction of sp³-hybridized carbons (Fsp3) is 0.357. The van der Waals surface area contributed by atoms with Crippen molar-refractivity contribution in [1.29, 1.82) is 5.26 Å². The van der Waals surface area contributed by atoms with Crippen molar-refractivity contribution in [3.63, 3.8) is 0 Å². The molecule has 0 aliphatic carbocycles. The molecule has 0 saturated carbocycles. The van der Waals surface area contributed by atoms with Crippen LogP contribution in [0.15, 0.2) is 36.9 Å². The summed E-state index contributed by atoms with van der Waals surface area (Å²) in [6.45, 7) is 2.92. The fourth-order valence-corrected chi connectivity index (χ4v) is 1.92. The lowest BCUT2D eigenvalue weighted by atomic mass is 10.1. The third-order valence-corrected chi connectivity index (χ3v) is 3.30. The Balaban J connectivity index is 2.08. The highest BCUT2D eigenvalue weighted by molar-refractivity contribution is 5.34. The number of nitrogens with zero attached hydrogens (tertiary/aromatic N) is 5. The molecular weight excluding hydrogens is 238 g/mol. The molecule has 1 heterocycles. The highest BCUT2D eigenvalue weighted by Crippen LogP contribution is 2.20. The van der Waals surface area contributed by atoms with Gasteiger partial charge in [0.05, 0.1) is 11.8 Å². The second-order valence-corrected chi connectivity index (χ2v) is 4.50. The van der Waals surface area contributed by atoms with Crippen LogP contribution in [-0.2, 0) is 0 Å². The largest absolute Gasteiger partial charge is 0.299 e. The summed E-state index contributed by atoms with van der Waals surface area (Å²) in [6.07, 6.45) is 3.75. The molecule has 1 aromatic heterocycles. The molecule has 1 unspecified atom stereocenters. The van der Waals surface area contributed by atoms with Gasteiger partial charge in [0.25, 0.3) is 0 Å². The molecule has 19 heavy (non-hydrogen) atoms. The van der Waals surface area contributed by atoms with E-state index in [1.165, 1.54) is 11.9 Å². The summed E-state index contributed by atoms with van der Waals surface area (Å²) in [5.74, 6) is 0. The summed E-state index contributed by atoms with van der Waals surface area (Å²) in [6, 6.07) is 10.7. The van der Waals surface area contributed by atoms with Crippen LogP contribution >= 0.6 is 0 Å². The first-order valence-electron chi connectivity index (χ1n) is 6.24. The Morgan fingerprint density at radius 1 is 1.37 bits per heavy atom. The quantitative estimate of drug-likeness (QED) is 0.821. The molecule has 0 amide bonds. The maximum Gasteiger partial charge on any atom is 0.138 e. The molecule has 5 nitrogen and oxygen atoms in total. The lowest BCUT2D eigenvalue weighted by molar-refractivity contribution is 0.267. The molecule has 0 saturated heterocycles. The van der Waals surface area contributed by atoms with Gasteiger partial charge in [-0.05, 0) is 31.7 Å². The van der Waals surface area contributed by atoms with E-state index in [2.05, 4.69) is 40.1 Å². The van der Waals surface area contributed by atoms with E-state index >= 15 is 0 Å². The maximum atomic E-state index is 8.62. The van der Waals surface area contributed by atoms with Crippen LogP contribution in [0, 0.1) is 11.3 Å². The van der Waals surface area contributed by atoms with E-state index in [-0.39, 0.29) is 6.04 Å². The van der Waals surface area contributed by atoms with Gasteiger partial charge in [0.2, 0.25) is 0 Å². The van der Waals surface area contributed by atoms with Crippen molar-refractivity contribution in [2.45, 2.75) is 19.4 Å². The zero-order valence-electron chi connectivity index (χ0n) is 11.2. The number of hydrogen-bond donors (Lipinski definition) is 0. The number of aromatic nitrogens is 3. The summed E-state index contributed by atoms with van der Waals surface area (Å²) in [5, 5.41) is 12.7. The standard InChI is InChI=1S/C14H17N5/c1-12(18(2)9-3-8-15)13-4-6-14(7-5-13)19-11-16-10-17-19/h4-7,10-12H,3,9H2,1-2H3. The summed E-state index contributed by atoms with van der Waals surface area (Å²) in [5.41, 5.74) is 2.22. The molecule has 0 fully saturated rings. The van der Waals surface area contributed by atoms with Crippen LogP contribution in [-0.4, -0.2) is 33.3 Å². The molecular formula is C14H17N5. The first-order chi connectivity index (χ1) is 9.22. The normalized spacial score (nSPS) is 12.3. The average molecular weight is 255 g/mol. The van der Waals surface area contributed by atoms with Crippen molar-refractivity contribution in [3.8, 4) is 11.8 Å². The van der Waals surface area contributed by atoms with Gasteiger partial charge in [-0.15, -0.1) is 0 Å². The van der Waals surface area contributed by atoms with Gasteiger partial charge in [0.1, 0.15) is 12.7 Å². The second kappa shape index (κ2) is 6.12. The van der Waals surface area contributed by atoms with Crippen LogP contribution in [0.1, 0.15) is 24.9 Å². The predicted octanol–water partition coefficient (Wildman–Crippen LogP) is 2.17. The average Bonchev–Trinajstić information content (AvgIpc) is 2.98. The topological polar surface area (TPSA) is 57.7 Å². The summed E-state index contributed by atoms with van der Waals surface area (Å²) < 4.78 is 1.73. The Morgan fingerprint density at radius 3 is 2.68 bits per heavy atom. The lowest BCUT2D eigenvalue weighted by Crippen LogP contribution is -2.23. The summed E-state index contributed by atoms with van der Waals surface area (Å²) in [7, 11) is 2.04. The van der Waals surface area contributed by atoms with Crippen LogP contribution in [0.4, 0.5) is 0 Å². The van der Waals surface area contributed by atoms with Gasteiger partial charge < -0.3 is 0 Å². The van der Waals surface area contributed by atoms with E-state index in [1.807, 2.05) is 19.2 Å². The number of hydrogen-bond acceptors (Lipinski definition) is 4. The Kier molecular flexibility index (Phi) is 4.26. The van der Waals surface area contributed by atoms with Crippen LogP contribution < -0.4 is 0 Å². The Bertz CT molecular complexity index is 538. The Hall–Kier alpha value is -2.19. The van der Waals surface area contributed by atoms with Crippen molar-refractivity contribution in [2.24, 2.45) is 0 Å². The van der Waals surface area contributed by atoms with E-state index < -0.39 is 0 Å². The van der Waals surface area contributed by atoms with E-state index in [1.54, 1.807) is 11.0 Å². The van der Waals surface area contributed by atoms with Gasteiger partial charge in [0.15, 0.2) is 0 Å². The number of benzene rings is 1. The SMILES string of the molecule is CC(c1ccc(-n2cncn2)cc1)N(C)CCC#N. The summed E-state index contributed by atoms with van der Waals surface area (Å²) in [4.78, 5) is 6.11. The highest BCUT2D eigenvalue weighted by Gasteiger charge is 2.11. The van der Waals surface area contributed by atoms with E-state index in [0.29, 0.717) is 6.42 Å². The fourth-order valence-electron chi connectivity index (χ4n) is 1.92. The lowest BCUT2D eigenvalue weighted by Gasteiger charge is -2.24. The van der Waals surface area contributed by atoms with E-state index in [0.717, 1.165) is 12.2 Å². The smallest absolute Gasteiger partial charge is 0.138 e. The maximum absolute atomic E-state index is 8.62. The van der Waals surface area contributed by atoms with Crippen LogP contribution in [0.2, 0.25) is 0 Å². The minimum absolute atomic E-state index is 0.290. The molecule has 0 aliphatic rings. The van der Waals surface area contributed by atoms with Crippen molar-refractivity contribution >= 4 is 0 Å².